The molecule has 0 aliphatic heterocycles. The number of carboxylic acid groups (broad SMARTS) is 1. The highest BCUT2D eigenvalue weighted by molar-refractivity contribution is 5.87. The summed E-state index contributed by atoms with van der Waals surface area (Å²) in [6, 6.07) is 0. The maximum atomic E-state index is 13.6. The summed E-state index contributed by atoms with van der Waals surface area (Å²) >= 11 is 0. The van der Waals surface area contributed by atoms with Crippen LogP contribution in [0, 0.1) is 46.3 Å². The fourth-order valence-corrected chi connectivity index (χ4v) is 8.41. The maximum absolute atomic E-state index is 13.6. The summed E-state index contributed by atoms with van der Waals surface area (Å²) < 4.78 is 0. The number of rotatable bonds is 4. The third-order valence-corrected chi connectivity index (χ3v) is 10.1. The lowest BCUT2D eigenvalue weighted by Gasteiger charge is -2.61. The molecular formula is C24H37O5-. The minimum atomic E-state index is -1.02. The van der Waals surface area contributed by atoms with E-state index in [-0.39, 0.29) is 47.5 Å². The van der Waals surface area contributed by atoms with Gasteiger partial charge < -0.3 is 20.1 Å². The quantitative estimate of drug-likeness (QED) is 0.748. The molecule has 0 spiro atoms. The van der Waals surface area contributed by atoms with Gasteiger partial charge >= 0.3 is 0 Å². The van der Waals surface area contributed by atoms with E-state index in [2.05, 4.69) is 20.8 Å². The average Bonchev–Trinajstić information content (AvgIpc) is 3.01. The molecule has 4 aliphatic carbocycles. The molecule has 2 N–H and O–H groups in total. The molecule has 29 heavy (non-hydrogen) atoms. The molecule has 5 heteroatoms. The van der Waals surface area contributed by atoms with E-state index in [1.54, 1.807) is 0 Å². The van der Waals surface area contributed by atoms with Gasteiger partial charge in [0.25, 0.3) is 0 Å². The molecule has 5 nitrogen and oxygen atoms in total. The minimum Gasteiger partial charge on any atom is -0.550 e. The van der Waals surface area contributed by atoms with Gasteiger partial charge in [0.1, 0.15) is 5.78 Å². The van der Waals surface area contributed by atoms with E-state index in [0.717, 1.165) is 38.5 Å². The van der Waals surface area contributed by atoms with Crippen LogP contribution in [0.5, 0.6) is 0 Å². The number of Topliss-reactive ketones (excluding diaryl/α,β-unsaturated/α-hetero) is 1. The molecule has 0 amide bonds. The first-order valence-corrected chi connectivity index (χ1v) is 11.7. The van der Waals surface area contributed by atoms with Crippen LogP contribution in [0.15, 0.2) is 0 Å². The molecule has 0 aromatic rings. The van der Waals surface area contributed by atoms with Crippen molar-refractivity contribution in [2.75, 3.05) is 0 Å². The maximum Gasteiger partial charge on any atom is 0.139 e. The highest BCUT2D eigenvalue weighted by Crippen LogP contribution is 2.67. The lowest BCUT2D eigenvalue weighted by molar-refractivity contribution is -0.306. The zero-order valence-electron chi connectivity index (χ0n) is 18.1. The van der Waals surface area contributed by atoms with Crippen molar-refractivity contribution in [3.05, 3.63) is 0 Å². The highest BCUT2D eigenvalue weighted by Gasteiger charge is 2.65. The molecule has 10 atom stereocenters. The Bertz CT molecular complexity index is 676. The van der Waals surface area contributed by atoms with Gasteiger partial charge in [-0.15, -0.1) is 0 Å². The van der Waals surface area contributed by atoms with Gasteiger partial charge in [-0.05, 0) is 92.3 Å². The third-order valence-electron chi connectivity index (χ3n) is 10.1. The molecule has 4 fully saturated rings. The van der Waals surface area contributed by atoms with Crippen LogP contribution < -0.4 is 5.11 Å². The molecule has 0 heterocycles. The Morgan fingerprint density at radius 2 is 1.90 bits per heavy atom. The number of fused-ring (bicyclic) bond motifs is 5. The Morgan fingerprint density at radius 3 is 2.59 bits per heavy atom. The molecule has 0 unspecified atom stereocenters. The highest BCUT2D eigenvalue weighted by atomic mass is 16.4. The van der Waals surface area contributed by atoms with Crippen molar-refractivity contribution in [1.29, 1.82) is 0 Å². The van der Waals surface area contributed by atoms with Crippen LogP contribution in [0.3, 0.4) is 0 Å². The predicted octanol–water partition coefficient (Wildman–Crippen LogP) is 2.32. The van der Waals surface area contributed by atoms with E-state index < -0.39 is 17.5 Å². The first-order chi connectivity index (χ1) is 13.6. The van der Waals surface area contributed by atoms with Crippen molar-refractivity contribution < 1.29 is 24.9 Å². The van der Waals surface area contributed by atoms with Crippen LogP contribution >= 0.6 is 0 Å². The predicted molar refractivity (Wildman–Crippen MR) is 106 cm³/mol. The van der Waals surface area contributed by atoms with Crippen molar-refractivity contribution in [3.63, 3.8) is 0 Å². The summed E-state index contributed by atoms with van der Waals surface area (Å²) in [7, 11) is 0. The molecule has 0 bridgehead atoms. The average molecular weight is 406 g/mol. The molecule has 4 aliphatic rings. The molecular weight excluding hydrogens is 368 g/mol. The molecule has 4 rings (SSSR count). The van der Waals surface area contributed by atoms with E-state index >= 15 is 0 Å². The molecule has 0 aromatic carbocycles. The fraction of sp³-hybridized carbons (Fsp3) is 0.917. The first-order valence-electron chi connectivity index (χ1n) is 11.7. The van der Waals surface area contributed by atoms with Crippen LogP contribution in [-0.2, 0) is 9.59 Å². The van der Waals surface area contributed by atoms with Gasteiger partial charge in [-0.3, -0.25) is 4.79 Å². The molecule has 0 radical (unpaired) electrons. The summed E-state index contributed by atoms with van der Waals surface area (Å²) in [6.45, 7) is 6.49. The number of aliphatic hydroxyl groups excluding tert-OH is 2. The Hall–Kier alpha value is -0.940. The largest absolute Gasteiger partial charge is 0.550 e. The van der Waals surface area contributed by atoms with Crippen molar-refractivity contribution in [1.82, 2.24) is 0 Å². The first kappa shape index (κ1) is 21.3. The summed E-state index contributed by atoms with van der Waals surface area (Å²) in [5, 5.41) is 32.3. The number of aliphatic hydroxyl groups is 2. The number of carbonyl (C=O) groups is 2. The van der Waals surface area contributed by atoms with Crippen LogP contribution in [0.2, 0.25) is 0 Å². The molecule has 0 aromatic heterocycles. The zero-order chi connectivity index (χ0) is 21.1. The topological polar surface area (TPSA) is 97.7 Å². The number of aliphatic carboxylic acids is 1. The van der Waals surface area contributed by atoms with Crippen LogP contribution in [0.1, 0.15) is 78.6 Å². The van der Waals surface area contributed by atoms with E-state index in [4.69, 9.17) is 0 Å². The Balaban J connectivity index is 1.62. The lowest BCUT2D eigenvalue weighted by atomic mass is 9.43. The Labute approximate surface area is 174 Å². The number of carbonyl (C=O) groups excluding carboxylic acids is 2. The van der Waals surface area contributed by atoms with Gasteiger partial charge in [-0.2, -0.15) is 0 Å². The fourth-order valence-electron chi connectivity index (χ4n) is 8.41. The second-order valence-electron chi connectivity index (χ2n) is 11.2. The van der Waals surface area contributed by atoms with E-state index in [0.29, 0.717) is 24.5 Å². The SMILES string of the molecule is C[C@@H](CCC(=O)[O-])[C@H]1CC[C@H]2[C@H]3[C@H](O)C[C@H]4C[C@@H](O)CC[C@]4(C)[C@@H]3CC(=O)[C@]12C. The molecule has 4 saturated carbocycles. The van der Waals surface area contributed by atoms with E-state index in [1.807, 2.05) is 0 Å². The number of carboxylic acids is 1. The number of hydrogen-bond acceptors (Lipinski definition) is 5. The lowest BCUT2D eigenvalue weighted by Crippen LogP contribution is -2.61. The van der Waals surface area contributed by atoms with E-state index in [9.17, 15) is 24.9 Å². The Kier molecular flexibility index (Phi) is 5.39. The van der Waals surface area contributed by atoms with Crippen LogP contribution in [0.25, 0.3) is 0 Å². The van der Waals surface area contributed by atoms with Crippen molar-refractivity contribution in [2.45, 2.75) is 90.8 Å². The van der Waals surface area contributed by atoms with Crippen molar-refractivity contribution >= 4 is 11.8 Å². The Morgan fingerprint density at radius 1 is 1.17 bits per heavy atom. The number of hydrogen-bond donors (Lipinski definition) is 2. The van der Waals surface area contributed by atoms with E-state index in [1.165, 1.54) is 0 Å². The van der Waals surface area contributed by atoms with Gasteiger partial charge in [0.15, 0.2) is 0 Å². The second kappa shape index (κ2) is 7.33. The van der Waals surface area contributed by atoms with Gasteiger partial charge in [0.05, 0.1) is 12.2 Å². The standard InChI is InChI=1S/C24H38O5/c1-13(4-7-21(28)29)16-5-6-17-22-18(12-20(27)24(16,17)3)23(2)9-8-15(25)10-14(23)11-19(22)26/h13-19,22,25-26H,4-12H2,1-3H3,(H,28,29)/p-1/t13-,14+,15-,16+,17-,18+,19+,22+,23-,24+/m0/s1. The molecule has 0 saturated heterocycles. The summed E-state index contributed by atoms with van der Waals surface area (Å²) in [5.41, 5.74) is -0.427. The second-order valence-corrected chi connectivity index (χ2v) is 11.2. The van der Waals surface area contributed by atoms with Gasteiger partial charge in [0, 0.05) is 17.8 Å². The summed E-state index contributed by atoms with van der Waals surface area (Å²) in [4.78, 5) is 24.6. The van der Waals surface area contributed by atoms with Gasteiger partial charge in [-0.25, -0.2) is 0 Å². The normalized spacial score (nSPS) is 50.4. The zero-order valence-corrected chi connectivity index (χ0v) is 18.1. The third kappa shape index (κ3) is 3.18. The van der Waals surface area contributed by atoms with Crippen LogP contribution in [0.4, 0.5) is 0 Å². The van der Waals surface area contributed by atoms with Gasteiger partial charge in [-0.1, -0.05) is 20.8 Å². The van der Waals surface area contributed by atoms with Crippen LogP contribution in [-0.4, -0.2) is 34.2 Å². The minimum absolute atomic E-state index is 0.0266. The smallest absolute Gasteiger partial charge is 0.139 e. The summed E-state index contributed by atoms with van der Waals surface area (Å²) in [6.07, 6.45) is 5.55. The number of ketones is 1. The monoisotopic (exact) mass is 405 g/mol. The van der Waals surface area contributed by atoms with Crippen molar-refractivity contribution in [3.8, 4) is 0 Å². The van der Waals surface area contributed by atoms with Crippen molar-refractivity contribution in [2.24, 2.45) is 46.3 Å². The molecule has 164 valence electrons. The summed E-state index contributed by atoms with van der Waals surface area (Å²) in [5.74, 6) is 0.477. The van der Waals surface area contributed by atoms with Gasteiger partial charge in [0.2, 0.25) is 0 Å².